The molecule has 0 unspecified atom stereocenters. The molecular weight excluding hydrogens is 1880 g/mol. The summed E-state index contributed by atoms with van der Waals surface area (Å²) >= 11 is 12.1. The number of carbonyl (C=O) groups excluding carboxylic acids is 3. The lowest BCUT2D eigenvalue weighted by atomic mass is 10.1. The van der Waals surface area contributed by atoms with Crippen LogP contribution in [0.5, 0.6) is 34.5 Å². The predicted molar refractivity (Wildman–Crippen MR) is 505 cm³/mol. The molecule has 0 spiro atoms. The molecule has 0 fully saturated rings. The lowest BCUT2D eigenvalue weighted by molar-refractivity contribution is -0.391. The van der Waals surface area contributed by atoms with Crippen molar-refractivity contribution in [2.45, 2.75) is 100 Å². The summed E-state index contributed by atoms with van der Waals surface area (Å²) in [5, 5.41) is 3.72. The first-order valence-electron chi connectivity index (χ1n) is 41.4. The van der Waals surface area contributed by atoms with Crippen LogP contribution in [0, 0.1) is 152 Å². The fourth-order valence-electron chi connectivity index (χ4n) is 13.9. The van der Waals surface area contributed by atoms with E-state index in [1.807, 2.05) is 50.1 Å². The Bertz CT molecular complexity index is 7280. The van der Waals surface area contributed by atoms with Gasteiger partial charge >= 0.3 is 36.2 Å². The predicted octanol–water partition coefficient (Wildman–Crippen LogP) is 20.0. The van der Waals surface area contributed by atoms with Crippen LogP contribution in [-0.2, 0) is 41.1 Å². The van der Waals surface area contributed by atoms with Crippen molar-refractivity contribution >= 4 is 108 Å². The Morgan fingerprint density at radius 1 is 0.374 bits per heavy atom. The van der Waals surface area contributed by atoms with Gasteiger partial charge in [-0.2, -0.15) is 17.6 Å². The molecule has 9 aromatic carbocycles. The molecule has 13 aromatic rings. The summed E-state index contributed by atoms with van der Waals surface area (Å²) in [4.78, 5) is 87.4. The minimum atomic E-state index is -4.82. The first-order valence-corrected chi connectivity index (χ1v) is 42.2. The maximum absolute atomic E-state index is 13.4. The first kappa shape index (κ1) is 105. The van der Waals surface area contributed by atoms with Crippen molar-refractivity contribution in [2.24, 2.45) is 7.05 Å². The van der Waals surface area contributed by atoms with Crippen molar-refractivity contribution in [3.63, 3.8) is 0 Å². The molecule has 0 atom stereocenters. The highest BCUT2D eigenvalue weighted by molar-refractivity contribution is 6.32. The zero-order valence-electron chi connectivity index (χ0n) is 76.1. The summed E-state index contributed by atoms with van der Waals surface area (Å²) < 4.78 is 204. The number of oxazole rings is 1. The third kappa shape index (κ3) is 24.9. The second-order valence-electron chi connectivity index (χ2n) is 31.4. The van der Waals surface area contributed by atoms with Gasteiger partial charge in [0.05, 0.1) is 77.5 Å². The van der Waals surface area contributed by atoms with Gasteiger partial charge in [-0.25, -0.2) is 45.1 Å². The number of nitrogens with zero attached hydrogens (tertiary/aromatic N) is 8. The molecule has 37 heteroatoms. The molecule has 139 heavy (non-hydrogen) atoms. The van der Waals surface area contributed by atoms with Gasteiger partial charge in [-0.05, 0) is 215 Å². The van der Waals surface area contributed by atoms with Crippen molar-refractivity contribution in [1.82, 2.24) is 18.3 Å². The number of terminal acetylenes is 4. The highest BCUT2D eigenvalue weighted by Crippen LogP contribution is 2.48. The number of fused-ring (bicyclic) bond motifs is 9. The summed E-state index contributed by atoms with van der Waals surface area (Å²) in [6.07, 6.45) is 11.0. The van der Waals surface area contributed by atoms with Gasteiger partial charge in [0.1, 0.15) is 53.8 Å². The summed E-state index contributed by atoms with van der Waals surface area (Å²) in [5.41, 5.74) is 10.6. The Morgan fingerprint density at radius 2 is 0.727 bits per heavy atom. The second-order valence-corrected chi connectivity index (χ2v) is 32.2. The van der Waals surface area contributed by atoms with Crippen molar-refractivity contribution < 1.29 is 104 Å². The lowest BCUT2D eigenvalue weighted by Crippen LogP contribution is -2.52. The number of likely N-dealkylation sites (N-methyl/N-ethyl adjacent to an activating group) is 1. The summed E-state index contributed by atoms with van der Waals surface area (Å²) in [7, 11) is 3.46. The number of halogens is 15. The van der Waals surface area contributed by atoms with Gasteiger partial charge in [0.25, 0.3) is 16.7 Å². The molecule has 1 amide bonds. The van der Waals surface area contributed by atoms with Gasteiger partial charge < -0.3 is 52.1 Å². The van der Waals surface area contributed by atoms with Crippen LogP contribution in [0.4, 0.5) is 79.8 Å². The fraction of sp³-hybridized carbons (Fsp3) is 0.225. The zero-order valence-corrected chi connectivity index (χ0v) is 77.6. The fourth-order valence-corrected chi connectivity index (χ4v) is 14.2. The monoisotopic (exact) mass is 1960 g/mol. The Morgan fingerprint density at radius 3 is 1.19 bits per heavy atom. The topological polar surface area (TPSA) is 221 Å². The number of aromatic nitrogens is 4. The van der Waals surface area contributed by atoms with Gasteiger partial charge in [0.2, 0.25) is 5.91 Å². The number of esters is 2. The molecule has 0 N–H and O–H groups in total. The Balaban J connectivity index is 0.000000161. The highest BCUT2D eigenvalue weighted by atomic mass is 35.5. The van der Waals surface area contributed by atoms with Crippen molar-refractivity contribution in [3.8, 4) is 83.9 Å². The summed E-state index contributed by atoms with van der Waals surface area (Å²) in [6.45, 7) is 24.7. The SMILES string of the molecule is C#CCN1C(=O)CN(C)c2cc(Cl)c(C)cc21.C#CCN1CC(=O)Oc2cc(F)c(C)cc21.C#CCn1c(=O)ccc2cc(Cl)c(C)cc21.C#CCn1c(=O)ccc2cc(F)c(C)cc21.C=CCN1CC(=O)Oc2cc(F)c(C)cc21.C=CCn1c(=O)ccc2cc(F)c(C)cc21.Cc1cc2c(cc1F)OC(F)(F)C(F)(F)O2.Cc1cc2c(cc1F)OC(F)(F)O2.Cc1cc2c(cc1F)oc(=O)n2C. The number of pyridine rings is 3. The minimum absolute atomic E-state index is 0.0108. The molecule has 18 rings (SSSR count). The van der Waals surface area contributed by atoms with Crippen LogP contribution < -0.4 is 70.5 Å². The van der Waals surface area contributed by atoms with Crippen molar-refractivity contribution in [2.75, 3.05) is 65.9 Å². The van der Waals surface area contributed by atoms with E-state index in [2.05, 4.69) is 55.8 Å². The number of hydrogen-bond acceptors (Lipinski definition) is 17. The van der Waals surface area contributed by atoms with Crippen LogP contribution in [0.25, 0.3) is 43.8 Å². The third-order valence-electron chi connectivity index (χ3n) is 21.2. The smallest absolute Gasteiger partial charge is 0.423 e. The van der Waals surface area contributed by atoms with Crippen LogP contribution >= 0.6 is 23.2 Å². The first-order chi connectivity index (χ1) is 65.5. The minimum Gasteiger partial charge on any atom is -0.423 e. The normalized spacial score (nSPS) is 13.7. The van der Waals surface area contributed by atoms with Crippen molar-refractivity contribution in [3.05, 3.63) is 313 Å². The van der Waals surface area contributed by atoms with E-state index in [-0.39, 0.29) is 118 Å². The molecule has 0 radical (unpaired) electrons. The van der Waals surface area contributed by atoms with Gasteiger partial charge in [-0.3, -0.25) is 37.8 Å². The molecule has 0 saturated heterocycles. The lowest BCUT2D eigenvalue weighted by Gasteiger charge is -2.34. The van der Waals surface area contributed by atoms with Gasteiger partial charge in [-0.1, -0.05) is 59.0 Å². The molecule has 22 nitrogen and oxygen atoms in total. The van der Waals surface area contributed by atoms with Gasteiger partial charge in [0, 0.05) is 96.5 Å². The maximum atomic E-state index is 13.4. The maximum Gasteiger partial charge on any atom is 0.586 e. The number of ether oxygens (including phenoxy) is 6. The Labute approximate surface area is 796 Å². The van der Waals surface area contributed by atoms with Crippen LogP contribution in [0.15, 0.2) is 194 Å². The molecule has 9 heterocycles. The van der Waals surface area contributed by atoms with Crippen LogP contribution in [-0.4, -0.2) is 101 Å². The number of anilines is 4. The molecule has 722 valence electrons. The molecule has 0 saturated carbocycles. The number of allylic oxidation sites excluding steroid dienone is 1. The van der Waals surface area contributed by atoms with Crippen LogP contribution in [0.3, 0.4) is 0 Å². The van der Waals surface area contributed by atoms with Gasteiger partial charge in [-0.15, -0.1) is 47.6 Å². The molecule has 0 aliphatic carbocycles. The van der Waals surface area contributed by atoms with E-state index in [1.165, 1.54) is 77.6 Å². The van der Waals surface area contributed by atoms with Crippen LogP contribution in [0.1, 0.15) is 50.1 Å². The Kier molecular flexibility index (Phi) is 33.6. The van der Waals surface area contributed by atoms with E-state index in [4.69, 9.17) is 62.8 Å². The van der Waals surface area contributed by atoms with E-state index in [0.717, 1.165) is 62.1 Å². The van der Waals surface area contributed by atoms with E-state index in [0.29, 0.717) is 98.8 Å². The summed E-state index contributed by atoms with van der Waals surface area (Å²) in [5.74, 6) is 4.25. The van der Waals surface area contributed by atoms with E-state index in [9.17, 15) is 90.6 Å². The molecule has 4 aromatic heterocycles. The van der Waals surface area contributed by atoms with Gasteiger partial charge in [0.15, 0.2) is 40.1 Å². The number of amides is 1. The molecular formula is C102H85Cl2F13N8O14. The highest BCUT2D eigenvalue weighted by Gasteiger charge is 2.66. The number of aryl methyl sites for hydroxylation is 10. The largest absolute Gasteiger partial charge is 0.586 e. The number of carbonyl (C=O) groups is 3. The second kappa shape index (κ2) is 44.4. The molecule has 5 aliphatic heterocycles. The zero-order chi connectivity index (χ0) is 102. The van der Waals surface area contributed by atoms with E-state index in [1.54, 1.807) is 126 Å². The average molecular weight is 1960 g/mol. The molecule has 5 aliphatic rings. The number of alkyl halides is 6. The summed E-state index contributed by atoms with van der Waals surface area (Å²) in [6, 6.07) is 35.2. The van der Waals surface area contributed by atoms with E-state index < -0.39 is 59.2 Å². The third-order valence-corrected chi connectivity index (χ3v) is 22.0. The quantitative estimate of drug-likeness (QED) is 0.0454. The number of hydrogen-bond donors (Lipinski definition) is 0. The average Bonchev–Trinajstić information content (AvgIpc) is 1.18. The van der Waals surface area contributed by atoms with Crippen molar-refractivity contribution in [1.29, 1.82) is 0 Å². The molecule has 0 bridgehead atoms. The Hall–Kier alpha value is -15.7. The van der Waals surface area contributed by atoms with Crippen LogP contribution in [0.2, 0.25) is 10.0 Å². The number of rotatable bonds is 8. The standard InChI is InChI=1S/C13H13ClN2O.C13H10ClNO.C13H12FNO.C13H10FNO.C12H12FNO2.C12H10FNO2.C9H5F5O2.C9H8FNO2.C8H5F3O2/c1-4-5-16-12-6-9(2)10(14)7-11(12)15(3)8-13(16)17;3*1-3-6-15-12-7-9(2)11(14)8-10(12)4-5-13(15)16;2*1-3-4-14-7-12(15)16-11-6-9(13)8(2)5-10(11)14;1-4-2-6-7(3-5(4)10)16-9(13,14)8(11,12)15-6;1-5-3-7-8(4-6(5)10)13-9(12)11(7)2;1-4-2-6-7(3-5(4)9)13-8(10,11)12-6/h1,6-7H,5,8H2,2-3H3;1,4-5,7-8H,6H2,2H3;3-5,7-8H,1,6H2,2H3;1,4-5,7-8H,6H2,2H3;3,5-6H,1,4,7H2,2H3;1,5-6H,4,7H2,2H3;2-3H,1H3;3-4H,1-2H3;2-3H,1H3. The number of benzene rings is 9. The van der Waals surface area contributed by atoms with E-state index >= 15 is 0 Å².